The van der Waals surface area contributed by atoms with E-state index in [1.807, 2.05) is 0 Å². The number of nitrogens with two attached hydrogens (primary N) is 1. The number of fused-ring (bicyclic) bond motifs is 1. The van der Waals surface area contributed by atoms with Gasteiger partial charge in [-0.1, -0.05) is 17.7 Å². The Kier molecular flexibility index (Phi) is 4.87. The number of anilines is 1. The van der Waals surface area contributed by atoms with Crippen LogP contribution in [0.25, 0.3) is 0 Å². The molecule has 132 valence electrons. The molecule has 3 rings (SSSR count). The Morgan fingerprint density at radius 3 is 2.76 bits per heavy atom. The van der Waals surface area contributed by atoms with Crippen molar-refractivity contribution in [2.45, 2.75) is 12.5 Å². The van der Waals surface area contributed by atoms with Gasteiger partial charge in [-0.15, -0.1) is 0 Å². The average Bonchev–Trinajstić information content (AvgIpc) is 2.58. The minimum Gasteiger partial charge on any atom is -0.450 e. The summed E-state index contributed by atoms with van der Waals surface area (Å²) in [6.07, 6.45) is 0.157. The maximum Gasteiger partial charge on any atom is 0.244 e. The van der Waals surface area contributed by atoms with Crippen LogP contribution >= 0.6 is 11.6 Å². The zero-order valence-electron chi connectivity index (χ0n) is 12.9. The number of benzene rings is 2. The Hall–Kier alpha value is -2.25. The van der Waals surface area contributed by atoms with E-state index in [4.69, 9.17) is 22.1 Å². The van der Waals surface area contributed by atoms with Gasteiger partial charge in [0.25, 0.3) is 0 Å². The number of carbonyl (C=O) groups excluding carboxylic acids is 1. The summed E-state index contributed by atoms with van der Waals surface area (Å²) >= 11 is 5.96. The molecule has 0 aliphatic carbocycles. The lowest BCUT2D eigenvalue weighted by Crippen LogP contribution is -2.49. The zero-order chi connectivity index (χ0) is 18.1. The van der Waals surface area contributed by atoms with Crippen molar-refractivity contribution >= 4 is 23.2 Å². The third-order valence-electron chi connectivity index (χ3n) is 3.87. The van der Waals surface area contributed by atoms with Gasteiger partial charge in [0.15, 0.2) is 11.6 Å². The largest absolute Gasteiger partial charge is 0.450 e. The van der Waals surface area contributed by atoms with Crippen LogP contribution in [0.15, 0.2) is 30.3 Å². The molecule has 8 heteroatoms. The van der Waals surface area contributed by atoms with Crippen LogP contribution in [0.5, 0.6) is 11.5 Å². The van der Waals surface area contributed by atoms with Crippen LogP contribution in [-0.2, 0) is 11.2 Å². The maximum absolute atomic E-state index is 14.4. The second-order valence-corrected chi connectivity index (χ2v) is 5.96. The van der Waals surface area contributed by atoms with Gasteiger partial charge in [-0.25, -0.2) is 13.2 Å². The van der Waals surface area contributed by atoms with Crippen molar-refractivity contribution in [3.8, 4) is 11.5 Å². The van der Waals surface area contributed by atoms with Gasteiger partial charge in [-0.05, 0) is 30.2 Å². The molecule has 0 spiro atoms. The lowest BCUT2D eigenvalue weighted by Gasteiger charge is -2.33. The summed E-state index contributed by atoms with van der Waals surface area (Å²) in [7, 11) is 0. The fourth-order valence-corrected chi connectivity index (χ4v) is 2.91. The fraction of sp³-hybridized carbons (Fsp3) is 0.235. The quantitative estimate of drug-likeness (QED) is 0.894. The highest BCUT2D eigenvalue weighted by Crippen LogP contribution is 2.42. The topological polar surface area (TPSA) is 55.6 Å². The van der Waals surface area contributed by atoms with Crippen LogP contribution in [0.1, 0.15) is 5.56 Å². The molecule has 2 aromatic rings. The van der Waals surface area contributed by atoms with Crippen LogP contribution < -0.4 is 15.4 Å². The Labute approximate surface area is 146 Å². The average molecular weight is 371 g/mol. The molecule has 0 saturated heterocycles. The lowest BCUT2D eigenvalue weighted by atomic mass is 9.97. The summed E-state index contributed by atoms with van der Waals surface area (Å²) in [5.74, 6) is -2.38. The van der Waals surface area contributed by atoms with Gasteiger partial charge in [0.05, 0.1) is 23.3 Å². The number of carbonyl (C=O) groups is 1. The van der Waals surface area contributed by atoms with Crippen LogP contribution in [-0.4, -0.2) is 25.2 Å². The molecule has 1 aliphatic rings. The van der Waals surface area contributed by atoms with E-state index in [1.165, 1.54) is 12.1 Å². The third kappa shape index (κ3) is 3.29. The van der Waals surface area contributed by atoms with Gasteiger partial charge in [0.2, 0.25) is 5.91 Å². The van der Waals surface area contributed by atoms with E-state index in [0.29, 0.717) is 5.56 Å². The fourth-order valence-electron chi connectivity index (χ4n) is 2.75. The van der Waals surface area contributed by atoms with E-state index in [-0.39, 0.29) is 35.2 Å². The Morgan fingerprint density at radius 2 is 2.04 bits per heavy atom. The Morgan fingerprint density at radius 1 is 1.28 bits per heavy atom. The number of ether oxygens (including phenoxy) is 1. The van der Waals surface area contributed by atoms with Crippen LogP contribution in [0.3, 0.4) is 0 Å². The van der Waals surface area contributed by atoms with Gasteiger partial charge >= 0.3 is 0 Å². The van der Waals surface area contributed by atoms with E-state index in [9.17, 15) is 18.0 Å². The predicted octanol–water partition coefficient (Wildman–Crippen LogP) is 3.60. The second kappa shape index (κ2) is 6.93. The molecule has 0 saturated carbocycles. The maximum atomic E-state index is 14.4. The number of hydrogen-bond acceptors (Lipinski definition) is 3. The number of nitrogens with zero attached hydrogens (tertiary/aromatic N) is 1. The molecule has 25 heavy (non-hydrogen) atoms. The van der Waals surface area contributed by atoms with Crippen LogP contribution in [0.2, 0.25) is 5.02 Å². The molecule has 0 radical (unpaired) electrons. The Bertz CT molecular complexity index is 832. The minimum atomic E-state index is -0.852. The first-order valence-corrected chi connectivity index (χ1v) is 7.87. The highest BCUT2D eigenvalue weighted by molar-refractivity contribution is 6.32. The summed E-state index contributed by atoms with van der Waals surface area (Å²) in [4.78, 5) is 13.3. The first kappa shape index (κ1) is 17.6. The number of halogens is 4. The molecule has 4 nitrogen and oxygen atoms in total. The molecule has 2 N–H and O–H groups in total. The van der Waals surface area contributed by atoms with Gasteiger partial charge in [0, 0.05) is 6.07 Å². The number of hydrogen-bond donors (Lipinski definition) is 1. The summed E-state index contributed by atoms with van der Waals surface area (Å²) in [6.45, 7) is -1.13. The summed E-state index contributed by atoms with van der Waals surface area (Å²) in [5, 5.41) is 0.0641. The van der Waals surface area contributed by atoms with Crippen molar-refractivity contribution in [2.75, 3.05) is 18.1 Å². The molecule has 0 unspecified atom stereocenters. The SMILES string of the molecule is N[C@@H]1Cc2ccc(F)c(Oc3cc(F)ccc3Cl)c2N(CCF)C1=O. The van der Waals surface area contributed by atoms with E-state index in [2.05, 4.69) is 0 Å². The van der Waals surface area contributed by atoms with Gasteiger partial charge in [-0.2, -0.15) is 0 Å². The molecule has 2 aromatic carbocycles. The van der Waals surface area contributed by atoms with Crippen molar-refractivity contribution in [3.05, 3.63) is 52.6 Å². The van der Waals surface area contributed by atoms with Crippen molar-refractivity contribution in [3.63, 3.8) is 0 Å². The molecule has 1 atom stereocenters. The van der Waals surface area contributed by atoms with Gasteiger partial charge < -0.3 is 15.4 Å². The first-order chi connectivity index (χ1) is 11.9. The highest BCUT2D eigenvalue weighted by atomic mass is 35.5. The van der Waals surface area contributed by atoms with E-state index >= 15 is 0 Å². The van der Waals surface area contributed by atoms with Gasteiger partial charge in [-0.3, -0.25) is 4.79 Å². The molecule has 0 aromatic heterocycles. The molecule has 0 fully saturated rings. The van der Waals surface area contributed by atoms with E-state index in [1.54, 1.807) is 0 Å². The van der Waals surface area contributed by atoms with Crippen LogP contribution in [0.4, 0.5) is 18.9 Å². The standard InChI is InChI=1S/C17H14ClF3N2O2/c18-11-3-2-10(20)8-14(11)25-16-12(21)4-1-9-7-13(22)17(24)23(6-5-19)15(9)16/h1-4,8,13H,5-7,22H2/t13-/m1/s1. The highest BCUT2D eigenvalue weighted by Gasteiger charge is 2.34. The molecule has 1 aliphatic heterocycles. The minimum absolute atomic E-state index is 0.0641. The first-order valence-electron chi connectivity index (χ1n) is 7.49. The summed E-state index contributed by atoms with van der Waals surface area (Å²) in [5.41, 5.74) is 6.40. The molecular weight excluding hydrogens is 357 g/mol. The zero-order valence-corrected chi connectivity index (χ0v) is 13.7. The van der Waals surface area contributed by atoms with Crippen molar-refractivity contribution in [1.82, 2.24) is 0 Å². The molecule has 1 heterocycles. The van der Waals surface area contributed by atoms with Crippen molar-refractivity contribution in [1.29, 1.82) is 0 Å². The van der Waals surface area contributed by atoms with E-state index in [0.717, 1.165) is 23.1 Å². The van der Waals surface area contributed by atoms with Crippen molar-refractivity contribution in [2.24, 2.45) is 5.73 Å². The van der Waals surface area contributed by atoms with Gasteiger partial charge in [0.1, 0.15) is 18.2 Å². The predicted molar refractivity (Wildman–Crippen MR) is 87.9 cm³/mol. The number of alkyl halides is 1. The molecule has 1 amide bonds. The third-order valence-corrected chi connectivity index (χ3v) is 4.19. The van der Waals surface area contributed by atoms with E-state index < -0.39 is 30.3 Å². The number of rotatable bonds is 4. The molecule has 0 bridgehead atoms. The normalized spacial score (nSPS) is 16.8. The van der Waals surface area contributed by atoms with Crippen LogP contribution in [0, 0.1) is 11.6 Å². The summed E-state index contributed by atoms with van der Waals surface area (Å²) in [6, 6.07) is 5.15. The Balaban J connectivity index is 2.13. The van der Waals surface area contributed by atoms with Crippen molar-refractivity contribution < 1.29 is 22.7 Å². The molecular formula is C17H14ClF3N2O2. The summed E-state index contributed by atoms with van der Waals surface area (Å²) < 4.78 is 46.2. The smallest absolute Gasteiger partial charge is 0.244 e. The lowest BCUT2D eigenvalue weighted by molar-refractivity contribution is -0.120. The monoisotopic (exact) mass is 370 g/mol. The number of amides is 1. The second-order valence-electron chi connectivity index (χ2n) is 5.55.